The summed E-state index contributed by atoms with van der Waals surface area (Å²) in [5.41, 5.74) is 15.5. The van der Waals surface area contributed by atoms with E-state index in [1.165, 1.54) is 121 Å². The summed E-state index contributed by atoms with van der Waals surface area (Å²) in [6.45, 7) is 4.74. The van der Waals surface area contributed by atoms with Crippen LogP contribution in [0.3, 0.4) is 0 Å². The second-order valence-electron chi connectivity index (χ2n) is 16.8. The molecular formula is C59H40. The molecule has 0 unspecified atom stereocenters. The molecule has 0 bridgehead atoms. The molecule has 276 valence electrons. The third-order valence-corrected chi connectivity index (χ3v) is 13.2. The third kappa shape index (κ3) is 5.16. The van der Waals surface area contributed by atoms with Gasteiger partial charge in [0.2, 0.25) is 0 Å². The van der Waals surface area contributed by atoms with Crippen molar-refractivity contribution in [3.8, 4) is 55.6 Å². The fourth-order valence-corrected chi connectivity index (χ4v) is 10.3. The Labute approximate surface area is 344 Å². The molecule has 1 aliphatic rings. The van der Waals surface area contributed by atoms with E-state index in [1.54, 1.807) is 0 Å². The maximum Gasteiger partial charge on any atom is 0.0159 e. The number of rotatable bonds is 4. The molecule has 1 aliphatic carbocycles. The maximum absolute atomic E-state index is 2.47. The van der Waals surface area contributed by atoms with Crippen LogP contribution in [0.1, 0.15) is 25.0 Å². The van der Waals surface area contributed by atoms with Crippen LogP contribution in [0, 0.1) is 0 Å². The predicted molar refractivity (Wildman–Crippen MR) is 253 cm³/mol. The van der Waals surface area contributed by atoms with Crippen molar-refractivity contribution in [2.24, 2.45) is 0 Å². The van der Waals surface area contributed by atoms with Crippen molar-refractivity contribution in [3.63, 3.8) is 0 Å². The van der Waals surface area contributed by atoms with Crippen molar-refractivity contribution < 1.29 is 0 Å². The zero-order chi connectivity index (χ0) is 39.2. The van der Waals surface area contributed by atoms with Gasteiger partial charge in [-0.1, -0.05) is 190 Å². The number of hydrogen-bond acceptors (Lipinski definition) is 0. The average molecular weight is 749 g/mol. The van der Waals surface area contributed by atoms with Gasteiger partial charge in [-0.3, -0.25) is 0 Å². The molecule has 0 heteroatoms. The lowest BCUT2D eigenvalue weighted by Crippen LogP contribution is -2.14. The molecule has 0 fully saturated rings. The van der Waals surface area contributed by atoms with Crippen LogP contribution in [0.4, 0.5) is 0 Å². The highest BCUT2D eigenvalue weighted by Gasteiger charge is 2.35. The van der Waals surface area contributed by atoms with E-state index in [9.17, 15) is 0 Å². The van der Waals surface area contributed by atoms with Crippen LogP contribution in [0.5, 0.6) is 0 Å². The van der Waals surface area contributed by atoms with E-state index in [-0.39, 0.29) is 5.41 Å². The van der Waals surface area contributed by atoms with Gasteiger partial charge in [-0.05, 0) is 151 Å². The summed E-state index contributed by atoms with van der Waals surface area (Å²) >= 11 is 0. The smallest absolute Gasteiger partial charge is 0.0159 e. The summed E-state index contributed by atoms with van der Waals surface area (Å²) in [5.74, 6) is 0. The molecule has 0 aromatic heterocycles. The molecule has 0 heterocycles. The molecule has 0 aliphatic heterocycles. The Morgan fingerprint density at radius 3 is 1.34 bits per heavy atom. The molecule has 11 aromatic rings. The lowest BCUT2D eigenvalue weighted by Gasteiger charge is -2.23. The van der Waals surface area contributed by atoms with E-state index in [4.69, 9.17) is 0 Å². The summed E-state index contributed by atoms with van der Waals surface area (Å²) in [5, 5.41) is 12.7. The quantitative estimate of drug-likeness (QED) is 0.124. The lowest BCUT2D eigenvalue weighted by molar-refractivity contribution is 0.660. The van der Waals surface area contributed by atoms with Gasteiger partial charge in [-0.25, -0.2) is 0 Å². The fourth-order valence-electron chi connectivity index (χ4n) is 10.3. The number of hydrogen-bond donors (Lipinski definition) is 0. The summed E-state index contributed by atoms with van der Waals surface area (Å²) in [6.07, 6.45) is 0. The molecular weight excluding hydrogens is 709 g/mol. The molecule has 0 atom stereocenters. The molecule has 0 amide bonds. The zero-order valence-corrected chi connectivity index (χ0v) is 33.1. The Kier molecular flexibility index (Phi) is 7.38. The molecule has 0 radical (unpaired) electrons. The highest BCUT2D eigenvalue weighted by Crippen LogP contribution is 2.51. The van der Waals surface area contributed by atoms with Gasteiger partial charge in [0.05, 0.1) is 0 Å². The first-order valence-electron chi connectivity index (χ1n) is 20.7. The minimum atomic E-state index is -0.0636. The van der Waals surface area contributed by atoms with Crippen LogP contribution in [0.25, 0.3) is 109 Å². The molecule has 0 nitrogen and oxygen atoms in total. The van der Waals surface area contributed by atoms with Crippen molar-refractivity contribution >= 4 is 53.9 Å². The van der Waals surface area contributed by atoms with Gasteiger partial charge in [-0.2, -0.15) is 0 Å². The first kappa shape index (κ1) is 33.8. The summed E-state index contributed by atoms with van der Waals surface area (Å²) in [7, 11) is 0. The largest absolute Gasteiger partial charge is 0.0622 e. The van der Waals surface area contributed by atoms with Crippen LogP contribution in [0.2, 0.25) is 0 Å². The van der Waals surface area contributed by atoms with Gasteiger partial charge in [0.25, 0.3) is 0 Å². The SMILES string of the molecule is CC1(C)c2ccccc2-c2ccc(-c3c4ccccc4c(-c4ccc5c(ccc6cc(-c7cc8ccccc8cc7-c7ccccc7)ccc65)c4)c4ccccc34)cc21. The number of benzene rings is 11. The van der Waals surface area contributed by atoms with Gasteiger partial charge in [0.1, 0.15) is 0 Å². The van der Waals surface area contributed by atoms with Gasteiger partial charge >= 0.3 is 0 Å². The Balaban J connectivity index is 1.00. The molecule has 11 aromatic carbocycles. The Hall–Kier alpha value is -7.28. The fraction of sp³-hybridized carbons (Fsp3) is 0.0508. The standard InChI is InChI=1S/C59H40/c1-59(2)55-23-13-12-18-47(55)48-31-28-44(36-56(48)59)58-51-21-10-8-19-49(51)57(50-20-9-11-22-52(50)58)43-27-30-46-41(33-43)25-24-40-32-42(26-29-45(40)46)54-35-39-17-7-6-16-38(39)34-53(54)37-14-4-3-5-15-37/h3-36H,1-2H3. The number of fused-ring (bicyclic) bond motifs is 9. The normalized spacial score (nSPS) is 13.1. The van der Waals surface area contributed by atoms with Gasteiger partial charge < -0.3 is 0 Å². The van der Waals surface area contributed by atoms with Crippen molar-refractivity contribution in [1.82, 2.24) is 0 Å². The monoisotopic (exact) mass is 748 g/mol. The molecule has 59 heavy (non-hydrogen) atoms. The lowest BCUT2D eigenvalue weighted by atomic mass is 9.80. The van der Waals surface area contributed by atoms with Crippen molar-refractivity contribution in [3.05, 3.63) is 217 Å². The van der Waals surface area contributed by atoms with E-state index in [0.717, 1.165) is 0 Å². The predicted octanol–water partition coefficient (Wildman–Crippen LogP) is 16.4. The second kappa shape index (κ2) is 12.9. The van der Waals surface area contributed by atoms with Crippen molar-refractivity contribution in [2.45, 2.75) is 19.3 Å². The van der Waals surface area contributed by atoms with Crippen LogP contribution < -0.4 is 0 Å². The van der Waals surface area contributed by atoms with E-state index in [1.807, 2.05) is 0 Å². The molecule has 0 saturated heterocycles. The average Bonchev–Trinajstić information content (AvgIpc) is 3.52. The Morgan fingerprint density at radius 2 is 0.712 bits per heavy atom. The van der Waals surface area contributed by atoms with E-state index < -0.39 is 0 Å². The Bertz CT molecular complexity index is 3450. The minimum absolute atomic E-state index is 0.0636. The van der Waals surface area contributed by atoms with Crippen molar-refractivity contribution in [1.29, 1.82) is 0 Å². The van der Waals surface area contributed by atoms with Gasteiger partial charge in [0, 0.05) is 5.41 Å². The van der Waals surface area contributed by atoms with Crippen LogP contribution in [-0.4, -0.2) is 0 Å². The topological polar surface area (TPSA) is 0 Å². The molecule has 0 N–H and O–H groups in total. The van der Waals surface area contributed by atoms with Crippen molar-refractivity contribution in [2.75, 3.05) is 0 Å². The summed E-state index contributed by atoms with van der Waals surface area (Å²) in [4.78, 5) is 0. The van der Waals surface area contributed by atoms with Crippen LogP contribution in [-0.2, 0) is 5.41 Å². The third-order valence-electron chi connectivity index (χ3n) is 13.2. The minimum Gasteiger partial charge on any atom is -0.0622 e. The van der Waals surface area contributed by atoms with Crippen LogP contribution >= 0.6 is 0 Å². The molecule has 0 spiro atoms. The maximum atomic E-state index is 2.47. The first-order chi connectivity index (χ1) is 29.0. The Morgan fingerprint density at radius 1 is 0.254 bits per heavy atom. The van der Waals surface area contributed by atoms with E-state index in [0.29, 0.717) is 0 Å². The first-order valence-corrected chi connectivity index (χ1v) is 20.7. The molecule has 0 saturated carbocycles. The summed E-state index contributed by atoms with van der Waals surface area (Å²) < 4.78 is 0. The van der Waals surface area contributed by atoms with Gasteiger partial charge in [-0.15, -0.1) is 0 Å². The molecule has 12 rings (SSSR count). The highest BCUT2D eigenvalue weighted by molar-refractivity contribution is 6.22. The van der Waals surface area contributed by atoms with Crippen LogP contribution in [0.15, 0.2) is 206 Å². The zero-order valence-electron chi connectivity index (χ0n) is 33.1. The highest BCUT2D eigenvalue weighted by atomic mass is 14.4. The second-order valence-corrected chi connectivity index (χ2v) is 16.8. The van der Waals surface area contributed by atoms with E-state index >= 15 is 0 Å². The van der Waals surface area contributed by atoms with Gasteiger partial charge in [0.15, 0.2) is 0 Å². The van der Waals surface area contributed by atoms with E-state index in [2.05, 4.69) is 220 Å². The summed E-state index contributed by atoms with van der Waals surface area (Å²) in [6, 6.07) is 77.0.